The highest BCUT2D eigenvalue weighted by atomic mass is 32.1. The average molecular weight is 401 g/mol. The molecule has 0 bridgehead atoms. The first kappa shape index (κ1) is 19.1. The van der Waals surface area contributed by atoms with Gasteiger partial charge in [-0.3, -0.25) is 9.59 Å². The topological polar surface area (TPSA) is 40.6 Å². The lowest BCUT2D eigenvalue weighted by molar-refractivity contribution is -0.140. The number of carbonyl (C=O) groups is 2. The number of nitrogens with zero attached hydrogens (tertiary/aromatic N) is 2. The number of halogens is 1. The van der Waals surface area contributed by atoms with Gasteiger partial charge < -0.3 is 9.80 Å². The molecule has 2 saturated heterocycles. The van der Waals surface area contributed by atoms with Crippen molar-refractivity contribution < 1.29 is 14.0 Å². The highest BCUT2D eigenvalue weighted by Crippen LogP contribution is 2.32. The van der Waals surface area contributed by atoms with Gasteiger partial charge in [0.15, 0.2) is 0 Å². The maximum atomic E-state index is 13.9. The average Bonchev–Trinajstić information content (AvgIpc) is 3.14. The van der Waals surface area contributed by atoms with Crippen molar-refractivity contribution in [3.63, 3.8) is 0 Å². The molecule has 148 valence electrons. The third-order valence-electron chi connectivity index (χ3n) is 5.96. The number of fused-ring (bicyclic) bond motifs is 1. The lowest BCUT2D eigenvalue weighted by Crippen LogP contribution is -2.57. The molecule has 0 spiro atoms. The predicted octanol–water partition coefficient (Wildman–Crippen LogP) is 3.89. The van der Waals surface area contributed by atoms with Crippen LogP contribution in [0.15, 0.2) is 36.4 Å². The van der Waals surface area contributed by atoms with Crippen LogP contribution >= 0.6 is 11.3 Å². The molecular weight excluding hydrogens is 375 g/mol. The molecule has 2 atom stereocenters. The molecule has 1 aromatic carbocycles. The van der Waals surface area contributed by atoms with Gasteiger partial charge in [-0.15, -0.1) is 11.3 Å². The van der Waals surface area contributed by atoms with E-state index in [1.807, 2.05) is 34.9 Å². The van der Waals surface area contributed by atoms with Gasteiger partial charge in [0, 0.05) is 37.0 Å². The number of likely N-dealkylation sites (tertiary alicyclic amines) is 2. The Morgan fingerprint density at radius 2 is 2.04 bits per heavy atom. The van der Waals surface area contributed by atoms with Crippen molar-refractivity contribution >= 4 is 23.2 Å². The first-order valence-corrected chi connectivity index (χ1v) is 10.7. The van der Waals surface area contributed by atoms with E-state index in [0.29, 0.717) is 44.0 Å². The van der Waals surface area contributed by atoms with Crippen LogP contribution in [-0.2, 0) is 11.2 Å². The Bertz CT molecular complexity index is 881. The molecule has 0 aliphatic carbocycles. The molecule has 2 fully saturated rings. The molecule has 2 aliphatic rings. The molecule has 2 amide bonds. The largest absolute Gasteiger partial charge is 0.339 e. The van der Waals surface area contributed by atoms with Gasteiger partial charge in [0.25, 0.3) is 5.91 Å². The summed E-state index contributed by atoms with van der Waals surface area (Å²) in [5, 5.41) is 0. The minimum Gasteiger partial charge on any atom is -0.339 e. The number of benzene rings is 1. The van der Waals surface area contributed by atoms with Gasteiger partial charge >= 0.3 is 0 Å². The minimum absolute atomic E-state index is 0.103. The van der Waals surface area contributed by atoms with Gasteiger partial charge in [-0.25, -0.2) is 4.39 Å². The van der Waals surface area contributed by atoms with Crippen LogP contribution in [0.1, 0.15) is 39.4 Å². The van der Waals surface area contributed by atoms with Crippen LogP contribution in [0.5, 0.6) is 0 Å². The standard InChI is InChI=1S/C22H25FN2O2S/c1-15-6-8-20(28-15)22(27)24-12-11-19-17(14-24)7-9-21(26)25(19)13-10-16-4-2-3-5-18(16)23/h2-6,8,17,19H,7,9-14H2,1H3/t17-,19+/m1/s1. The Morgan fingerprint density at radius 1 is 1.21 bits per heavy atom. The number of aryl methyl sites for hydroxylation is 1. The van der Waals surface area contributed by atoms with Crippen LogP contribution < -0.4 is 0 Å². The molecular formula is C22H25FN2O2S. The van der Waals surface area contributed by atoms with Crippen LogP contribution in [0.25, 0.3) is 0 Å². The van der Waals surface area contributed by atoms with Crippen LogP contribution in [0.4, 0.5) is 4.39 Å². The van der Waals surface area contributed by atoms with Crippen molar-refractivity contribution in [2.45, 2.75) is 38.6 Å². The summed E-state index contributed by atoms with van der Waals surface area (Å²) in [6.45, 7) is 3.91. The van der Waals surface area contributed by atoms with Crippen LogP contribution in [0, 0.1) is 18.7 Å². The normalized spacial score (nSPS) is 22.3. The highest BCUT2D eigenvalue weighted by molar-refractivity contribution is 7.13. The third kappa shape index (κ3) is 3.83. The molecule has 0 N–H and O–H groups in total. The maximum Gasteiger partial charge on any atom is 0.263 e. The second-order valence-corrected chi connectivity index (χ2v) is 9.03. The summed E-state index contributed by atoms with van der Waals surface area (Å²) in [6, 6.07) is 10.8. The van der Waals surface area contributed by atoms with E-state index in [4.69, 9.17) is 0 Å². The maximum absolute atomic E-state index is 13.9. The number of carbonyl (C=O) groups excluding carboxylic acids is 2. The predicted molar refractivity (Wildman–Crippen MR) is 108 cm³/mol. The zero-order valence-electron chi connectivity index (χ0n) is 16.1. The van der Waals surface area contributed by atoms with Crippen LogP contribution in [0.2, 0.25) is 0 Å². The summed E-state index contributed by atoms with van der Waals surface area (Å²) in [5.41, 5.74) is 0.651. The molecule has 1 aromatic heterocycles. The number of thiophene rings is 1. The summed E-state index contributed by atoms with van der Waals surface area (Å²) in [7, 11) is 0. The molecule has 0 unspecified atom stereocenters. The van der Waals surface area contributed by atoms with Crippen molar-refractivity contribution in [2.75, 3.05) is 19.6 Å². The van der Waals surface area contributed by atoms with E-state index in [9.17, 15) is 14.0 Å². The molecule has 2 aromatic rings. The fourth-order valence-electron chi connectivity index (χ4n) is 4.47. The first-order valence-electron chi connectivity index (χ1n) is 9.91. The Balaban J connectivity index is 1.42. The first-order chi connectivity index (χ1) is 13.5. The number of rotatable bonds is 4. The second-order valence-electron chi connectivity index (χ2n) is 7.74. The van der Waals surface area contributed by atoms with Gasteiger partial charge in [-0.1, -0.05) is 18.2 Å². The van der Waals surface area contributed by atoms with Crippen molar-refractivity contribution in [1.82, 2.24) is 9.80 Å². The van der Waals surface area contributed by atoms with Gasteiger partial charge in [-0.2, -0.15) is 0 Å². The molecule has 28 heavy (non-hydrogen) atoms. The molecule has 0 saturated carbocycles. The van der Waals surface area contributed by atoms with Crippen molar-refractivity contribution in [3.05, 3.63) is 57.5 Å². The number of hydrogen-bond acceptors (Lipinski definition) is 3. The van der Waals surface area contributed by atoms with Crippen LogP contribution in [0.3, 0.4) is 0 Å². The quantitative estimate of drug-likeness (QED) is 0.781. The lowest BCUT2D eigenvalue weighted by Gasteiger charge is -2.47. The monoisotopic (exact) mass is 400 g/mol. The Hall–Kier alpha value is -2.21. The number of amides is 2. The van der Waals surface area contributed by atoms with Gasteiger partial charge in [0.2, 0.25) is 5.91 Å². The fraction of sp³-hybridized carbons (Fsp3) is 0.455. The fourth-order valence-corrected chi connectivity index (χ4v) is 5.31. The van der Waals surface area contributed by atoms with Crippen molar-refractivity contribution in [2.24, 2.45) is 5.92 Å². The molecule has 6 heteroatoms. The number of piperidine rings is 2. The Kier molecular flexibility index (Phi) is 5.49. The smallest absolute Gasteiger partial charge is 0.263 e. The summed E-state index contributed by atoms with van der Waals surface area (Å²) in [5.74, 6) is 0.352. The van der Waals surface area contributed by atoms with E-state index in [2.05, 4.69) is 0 Å². The second kappa shape index (κ2) is 8.03. The Morgan fingerprint density at radius 3 is 2.79 bits per heavy atom. The lowest BCUT2D eigenvalue weighted by atomic mass is 9.83. The van der Waals surface area contributed by atoms with Crippen molar-refractivity contribution in [1.29, 1.82) is 0 Å². The third-order valence-corrected chi connectivity index (χ3v) is 6.95. The highest BCUT2D eigenvalue weighted by Gasteiger charge is 2.40. The van der Waals surface area contributed by atoms with Gasteiger partial charge in [0.05, 0.1) is 4.88 Å². The van der Waals surface area contributed by atoms with Gasteiger partial charge in [0.1, 0.15) is 5.82 Å². The molecule has 4 nitrogen and oxygen atoms in total. The molecule has 3 heterocycles. The van der Waals surface area contributed by atoms with Crippen LogP contribution in [-0.4, -0.2) is 47.3 Å². The summed E-state index contributed by atoms with van der Waals surface area (Å²) in [6.07, 6.45) is 2.66. The Labute approximate surface area is 169 Å². The van der Waals surface area contributed by atoms with E-state index in [1.165, 1.54) is 17.4 Å². The zero-order valence-corrected chi connectivity index (χ0v) is 16.9. The molecule has 2 aliphatic heterocycles. The van der Waals surface area contributed by atoms with Crippen molar-refractivity contribution in [3.8, 4) is 0 Å². The van der Waals surface area contributed by atoms with E-state index < -0.39 is 0 Å². The number of hydrogen-bond donors (Lipinski definition) is 0. The molecule has 4 rings (SSSR count). The van der Waals surface area contributed by atoms with Gasteiger partial charge in [-0.05, 0) is 55.9 Å². The summed E-state index contributed by atoms with van der Waals surface area (Å²) in [4.78, 5) is 31.2. The van der Waals surface area contributed by atoms with E-state index in [0.717, 1.165) is 22.6 Å². The zero-order chi connectivity index (χ0) is 19.7. The van der Waals surface area contributed by atoms with E-state index >= 15 is 0 Å². The van der Waals surface area contributed by atoms with E-state index in [-0.39, 0.29) is 23.7 Å². The van der Waals surface area contributed by atoms with E-state index in [1.54, 1.807) is 12.1 Å². The SMILES string of the molecule is Cc1ccc(C(=O)N2CC[C@H]3[C@H](CCC(=O)N3CCc3ccccc3F)C2)s1. The summed E-state index contributed by atoms with van der Waals surface area (Å²) >= 11 is 1.54. The minimum atomic E-state index is -0.213. The summed E-state index contributed by atoms with van der Waals surface area (Å²) < 4.78 is 13.9. The molecule has 0 radical (unpaired) electrons.